The minimum atomic E-state index is -0.692. The summed E-state index contributed by atoms with van der Waals surface area (Å²) in [5.74, 6) is -1.36. The Hall–Kier alpha value is -2.86. The molecule has 0 saturated heterocycles. The van der Waals surface area contributed by atoms with Crippen molar-refractivity contribution in [2.24, 2.45) is 0 Å². The highest BCUT2D eigenvalue weighted by atomic mass is 16.5. The van der Waals surface area contributed by atoms with E-state index < -0.39 is 11.8 Å². The van der Waals surface area contributed by atoms with E-state index in [2.05, 4.69) is 5.32 Å². The van der Waals surface area contributed by atoms with E-state index in [1.165, 1.54) is 12.0 Å². The number of carbonyl (C=O) groups is 2. The van der Waals surface area contributed by atoms with Crippen LogP contribution in [0.1, 0.15) is 0 Å². The quantitative estimate of drug-likeness (QED) is 0.500. The van der Waals surface area contributed by atoms with E-state index in [-0.39, 0.29) is 6.54 Å². The van der Waals surface area contributed by atoms with Gasteiger partial charge in [0.15, 0.2) is 0 Å². The molecule has 0 saturated carbocycles. The fraction of sp³-hybridized carbons (Fsp3) is 0.176. The second kappa shape index (κ2) is 7.95. The molecule has 0 aliphatic rings. The highest BCUT2D eigenvalue weighted by Crippen LogP contribution is 2.26. The lowest BCUT2D eigenvalue weighted by molar-refractivity contribution is -0.137. The lowest BCUT2D eigenvalue weighted by atomic mass is 10.2. The molecule has 0 aromatic heterocycles. The molecule has 0 bridgehead atoms. The molecule has 2 amide bonds. The fourth-order valence-electron chi connectivity index (χ4n) is 2.03. The molecule has 0 unspecified atom stereocenters. The van der Waals surface area contributed by atoms with Crippen molar-refractivity contribution in [3.05, 3.63) is 54.6 Å². The Balaban J connectivity index is 2.28. The number of amides is 2. The Morgan fingerprint density at radius 3 is 2.26 bits per heavy atom. The number of ether oxygens (including phenoxy) is 1. The first-order valence-electron chi connectivity index (χ1n) is 7.15. The van der Waals surface area contributed by atoms with Crippen LogP contribution in [0.3, 0.4) is 0 Å². The van der Waals surface area contributed by atoms with E-state index in [0.29, 0.717) is 23.7 Å². The summed E-state index contributed by atoms with van der Waals surface area (Å²) in [5, 5.41) is 2.53. The maximum Gasteiger partial charge on any atom is 0.320 e. The largest absolute Gasteiger partial charge is 0.399 e. The van der Waals surface area contributed by atoms with Crippen LogP contribution < -0.4 is 16.0 Å². The van der Waals surface area contributed by atoms with Crippen LogP contribution in [0.25, 0.3) is 0 Å². The fourth-order valence-corrected chi connectivity index (χ4v) is 2.03. The summed E-state index contributed by atoms with van der Waals surface area (Å²) in [5.41, 5.74) is 7.44. The summed E-state index contributed by atoms with van der Waals surface area (Å²) >= 11 is 0. The van der Waals surface area contributed by atoms with E-state index in [9.17, 15) is 9.59 Å². The van der Waals surface area contributed by atoms with Crippen molar-refractivity contribution in [2.45, 2.75) is 0 Å². The first kappa shape index (κ1) is 16.5. The van der Waals surface area contributed by atoms with Gasteiger partial charge in [-0.2, -0.15) is 0 Å². The summed E-state index contributed by atoms with van der Waals surface area (Å²) in [4.78, 5) is 26.0. The molecule has 0 radical (unpaired) electrons. The zero-order valence-corrected chi connectivity index (χ0v) is 12.9. The molecule has 0 aliphatic carbocycles. The molecular weight excluding hydrogens is 294 g/mol. The van der Waals surface area contributed by atoms with Gasteiger partial charge in [-0.1, -0.05) is 18.2 Å². The number of nitrogens with zero attached hydrogens (tertiary/aromatic N) is 1. The molecule has 23 heavy (non-hydrogen) atoms. The van der Waals surface area contributed by atoms with Gasteiger partial charge in [0, 0.05) is 30.7 Å². The Morgan fingerprint density at radius 2 is 1.65 bits per heavy atom. The molecule has 3 N–H and O–H groups in total. The zero-order chi connectivity index (χ0) is 16.7. The normalized spacial score (nSPS) is 10.1. The van der Waals surface area contributed by atoms with Gasteiger partial charge in [-0.15, -0.1) is 0 Å². The van der Waals surface area contributed by atoms with Crippen molar-refractivity contribution < 1.29 is 14.3 Å². The molecule has 6 heteroatoms. The van der Waals surface area contributed by atoms with Crippen LogP contribution in [0.15, 0.2) is 54.6 Å². The number of anilines is 3. The van der Waals surface area contributed by atoms with Crippen molar-refractivity contribution >= 4 is 28.9 Å². The third-order valence-corrected chi connectivity index (χ3v) is 3.15. The summed E-state index contributed by atoms with van der Waals surface area (Å²) in [6.45, 7) is 0.609. The lowest BCUT2D eigenvalue weighted by Crippen LogP contribution is -2.41. The number of nitrogen functional groups attached to an aromatic ring is 1. The van der Waals surface area contributed by atoms with Gasteiger partial charge in [0.25, 0.3) is 0 Å². The number of methoxy groups -OCH3 is 1. The molecule has 0 fully saturated rings. The first-order valence-corrected chi connectivity index (χ1v) is 7.15. The van der Waals surface area contributed by atoms with Crippen molar-refractivity contribution in [1.82, 2.24) is 5.32 Å². The molecule has 6 nitrogen and oxygen atoms in total. The van der Waals surface area contributed by atoms with Crippen molar-refractivity contribution in [3.8, 4) is 0 Å². The van der Waals surface area contributed by atoms with Gasteiger partial charge >= 0.3 is 11.8 Å². The van der Waals surface area contributed by atoms with Gasteiger partial charge in [-0.05, 0) is 36.4 Å². The minimum Gasteiger partial charge on any atom is -0.399 e. The van der Waals surface area contributed by atoms with Gasteiger partial charge < -0.3 is 15.8 Å². The van der Waals surface area contributed by atoms with E-state index in [1.807, 2.05) is 6.07 Å². The number of nitrogens with one attached hydrogen (secondary N) is 1. The van der Waals surface area contributed by atoms with Crippen LogP contribution in [0.2, 0.25) is 0 Å². The summed E-state index contributed by atoms with van der Waals surface area (Å²) in [6, 6.07) is 15.7. The maximum atomic E-state index is 12.6. The van der Waals surface area contributed by atoms with E-state index in [0.717, 1.165) is 0 Å². The summed E-state index contributed by atoms with van der Waals surface area (Å²) < 4.78 is 4.86. The topological polar surface area (TPSA) is 84.7 Å². The number of hydrogen-bond acceptors (Lipinski definition) is 4. The molecule has 2 aromatic carbocycles. The molecular formula is C17H19N3O3. The van der Waals surface area contributed by atoms with Crippen LogP contribution in [0, 0.1) is 0 Å². The number of benzene rings is 2. The third kappa shape index (κ3) is 4.31. The van der Waals surface area contributed by atoms with Crippen molar-refractivity contribution in [3.63, 3.8) is 0 Å². The molecule has 0 spiro atoms. The van der Waals surface area contributed by atoms with Crippen molar-refractivity contribution in [1.29, 1.82) is 0 Å². The Bertz CT molecular complexity index is 657. The second-order valence-electron chi connectivity index (χ2n) is 4.82. The first-order chi connectivity index (χ1) is 11.1. The van der Waals surface area contributed by atoms with Crippen LogP contribution in [0.4, 0.5) is 17.1 Å². The average molecular weight is 313 g/mol. The number of carbonyl (C=O) groups excluding carboxylic acids is 2. The SMILES string of the molecule is COCCNC(=O)C(=O)N(c1ccccc1)c1ccc(N)cc1. The van der Waals surface area contributed by atoms with E-state index in [4.69, 9.17) is 10.5 Å². The van der Waals surface area contributed by atoms with Gasteiger partial charge in [-0.25, -0.2) is 0 Å². The molecule has 120 valence electrons. The highest BCUT2D eigenvalue weighted by Gasteiger charge is 2.24. The number of para-hydroxylation sites is 1. The maximum absolute atomic E-state index is 12.6. The van der Waals surface area contributed by atoms with Gasteiger partial charge in [0.2, 0.25) is 0 Å². The van der Waals surface area contributed by atoms with E-state index in [1.54, 1.807) is 48.5 Å². The van der Waals surface area contributed by atoms with Crippen LogP contribution in [0.5, 0.6) is 0 Å². The number of rotatable bonds is 5. The predicted molar refractivity (Wildman–Crippen MR) is 89.3 cm³/mol. The Morgan fingerprint density at radius 1 is 1.04 bits per heavy atom. The summed E-state index contributed by atoms with van der Waals surface area (Å²) in [7, 11) is 1.53. The molecule has 0 atom stereocenters. The number of nitrogens with two attached hydrogens (primary N) is 1. The van der Waals surface area contributed by atoms with E-state index >= 15 is 0 Å². The Kier molecular flexibility index (Phi) is 5.71. The molecule has 2 rings (SSSR count). The van der Waals surface area contributed by atoms with Crippen LogP contribution in [-0.2, 0) is 14.3 Å². The van der Waals surface area contributed by atoms with Crippen LogP contribution in [-0.4, -0.2) is 32.1 Å². The average Bonchev–Trinajstić information content (AvgIpc) is 2.58. The molecule has 0 aliphatic heterocycles. The standard InChI is InChI=1S/C17H19N3O3/c1-23-12-11-19-16(21)17(22)20(14-5-3-2-4-6-14)15-9-7-13(18)8-10-15/h2-10H,11-12,18H2,1H3,(H,19,21). The number of hydrogen-bond donors (Lipinski definition) is 2. The molecule has 0 heterocycles. The Labute approximate surface area is 134 Å². The smallest absolute Gasteiger partial charge is 0.320 e. The predicted octanol–water partition coefficient (Wildman–Crippen LogP) is 1.70. The van der Waals surface area contributed by atoms with Crippen LogP contribution >= 0.6 is 0 Å². The van der Waals surface area contributed by atoms with Gasteiger partial charge in [0.05, 0.1) is 6.61 Å². The monoisotopic (exact) mass is 313 g/mol. The molecule has 2 aromatic rings. The van der Waals surface area contributed by atoms with Gasteiger partial charge in [-0.3, -0.25) is 14.5 Å². The second-order valence-corrected chi connectivity index (χ2v) is 4.82. The minimum absolute atomic E-state index is 0.269. The van der Waals surface area contributed by atoms with Gasteiger partial charge in [0.1, 0.15) is 0 Å². The lowest BCUT2D eigenvalue weighted by Gasteiger charge is -2.22. The zero-order valence-electron chi connectivity index (χ0n) is 12.9. The van der Waals surface area contributed by atoms with Crippen molar-refractivity contribution in [2.75, 3.05) is 30.9 Å². The highest BCUT2D eigenvalue weighted by molar-refractivity contribution is 6.42. The summed E-state index contributed by atoms with van der Waals surface area (Å²) in [6.07, 6.45) is 0. The third-order valence-electron chi connectivity index (χ3n) is 3.15.